The summed E-state index contributed by atoms with van der Waals surface area (Å²) >= 11 is 0. The number of hydrogen-bond acceptors (Lipinski definition) is 1. The second-order valence-electron chi connectivity index (χ2n) is 4.20. The molecule has 1 fully saturated rings. The summed E-state index contributed by atoms with van der Waals surface area (Å²) in [6.45, 7) is 2.62. The zero-order valence-electron chi connectivity index (χ0n) is 8.03. The Labute approximate surface area is 79.4 Å². The molecule has 1 aliphatic carbocycles. The maximum Gasteiger partial charge on any atom is 0.0433 e. The third-order valence-electron chi connectivity index (χ3n) is 3.32. The molecule has 2 unspecified atom stereocenters. The van der Waals surface area contributed by atoms with Crippen LogP contribution in [0.3, 0.4) is 0 Å². The quantitative estimate of drug-likeness (QED) is 0.749. The van der Waals surface area contributed by atoms with E-state index >= 15 is 0 Å². The lowest BCUT2D eigenvalue weighted by atomic mass is 9.95. The molecule has 13 heavy (non-hydrogen) atoms. The van der Waals surface area contributed by atoms with Gasteiger partial charge < -0.3 is 5.11 Å². The van der Waals surface area contributed by atoms with E-state index in [0.29, 0.717) is 17.9 Å². The van der Waals surface area contributed by atoms with Crippen molar-refractivity contribution in [1.29, 1.82) is 0 Å². The molecule has 0 bridgehead atoms. The predicted molar refractivity (Wildman–Crippen MR) is 53.6 cm³/mol. The average Bonchev–Trinajstić information content (AvgIpc) is 2.81. The Hall–Kier alpha value is -0.820. The molecule has 0 aliphatic heterocycles. The van der Waals surface area contributed by atoms with Gasteiger partial charge in [-0.2, -0.15) is 0 Å². The predicted octanol–water partition coefficient (Wildman–Crippen LogP) is 2.35. The van der Waals surface area contributed by atoms with Gasteiger partial charge in [0.15, 0.2) is 0 Å². The largest absolute Gasteiger partial charge is 0.396 e. The Morgan fingerprint density at radius 2 is 2.08 bits per heavy atom. The molecule has 1 nitrogen and oxygen atoms in total. The monoisotopic (exact) mass is 176 g/mol. The van der Waals surface area contributed by atoms with Crippen LogP contribution < -0.4 is 0 Å². The summed E-state index contributed by atoms with van der Waals surface area (Å²) in [5, 5.41) is 8.86. The molecule has 1 heteroatoms. The van der Waals surface area contributed by atoms with Crippen LogP contribution in [-0.2, 0) is 5.41 Å². The smallest absolute Gasteiger partial charge is 0.0433 e. The number of aliphatic hydroxyl groups excluding tert-OH is 1. The minimum Gasteiger partial charge on any atom is -0.396 e. The van der Waals surface area contributed by atoms with E-state index in [2.05, 4.69) is 37.3 Å². The van der Waals surface area contributed by atoms with Gasteiger partial charge in [-0.25, -0.2) is 0 Å². The highest BCUT2D eigenvalue weighted by Gasteiger charge is 2.50. The molecule has 1 aromatic carbocycles. The van der Waals surface area contributed by atoms with Gasteiger partial charge in [-0.05, 0) is 29.7 Å². The van der Waals surface area contributed by atoms with Crippen molar-refractivity contribution in [2.24, 2.45) is 5.92 Å². The fourth-order valence-electron chi connectivity index (χ4n) is 2.20. The lowest BCUT2D eigenvalue weighted by molar-refractivity contribution is 0.275. The van der Waals surface area contributed by atoms with Gasteiger partial charge >= 0.3 is 0 Å². The summed E-state index contributed by atoms with van der Waals surface area (Å²) in [5.41, 5.74) is 1.78. The van der Waals surface area contributed by atoms with Crippen molar-refractivity contribution in [2.75, 3.05) is 6.61 Å². The van der Waals surface area contributed by atoms with Crippen molar-refractivity contribution < 1.29 is 5.11 Å². The molecule has 2 atom stereocenters. The number of rotatable bonds is 3. The Kier molecular flexibility index (Phi) is 2.12. The van der Waals surface area contributed by atoms with Crippen LogP contribution in [0.4, 0.5) is 0 Å². The fraction of sp³-hybridized carbons (Fsp3) is 0.500. The zero-order valence-corrected chi connectivity index (χ0v) is 8.03. The van der Waals surface area contributed by atoms with E-state index in [0.717, 1.165) is 6.42 Å². The summed E-state index contributed by atoms with van der Waals surface area (Å²) in [6, 6.07) is 10.6. The minimum absolute atomic E-state index is 0.326. The molecule has 0 saturated heterocycles. The summed E-state index contributed by atoms with van der Waals surface area (Å²) in [4.78, 5) is 0. The first-order chi connectivity index (χ1) is 6.27. The average molecular weight is 176 g/mol. The topological polar surface area (TPSA) is 20.2 Å². The number of hydrogen-bond donors (Lipinski definition) is 1. The first kappa shape index (κ1) is 8.76. The van der Waals surface area contributed by atoms with E-state index in [1.807, 2.05) is 0 Å². The molecular weight excluding hydrogens is 160 g/mol. The van der Waals surface area contributed by atoms with Gasteiger partial charge in [0, 0.05) is 6.61 Å². The van der Waals surface area contributed by atoms with E-state index in [1.165, 1.54) is 12.0 Å². The second-order valence-corrected chi connectivity index (χ2v) is 4.20. The summed E-state index contributed by atoms with van der Waals surface area (Å²) < 4.78 is 0. The van der Waals surface area contributed by atoms with Crippen LogP contribution in [0.1, 0.15) is 25.3 Å². The van der Waals surface area contributed by atoms with Crippen molar-refractivity contribution in [3.8, 4) is 0 Å². The normalized spacial score (nSPS) is 31.7. The molecule has 0 radical (unpaired) electrons. The lowest BCUT2D eigenvalue weighted by Gasteiger charge is -2.10. The minimum atomic E-state index is 0.326. The van der Waals surface area contributed by atoms with E-state index < -0.39 is 0 Å². The molecule has 0 heterocycles. The standard InChI is InChI=1S/C12H16O/c1-12(9-11(12)7-8-13)10-5-3-2-4-6-10/h2-6,11,13H,7-9H2,1H3. The Morgan fingerprint density at radius 3 is 2.69 bits per heavy atom. The molecule has 0 amide bonds. The second kappa shape index (κ2) is 3.15. The van der Waals surface area contributed by atoms with Gasteiger partial charge in [0.05, 0.1) is 0 Å². The van der Waals surface area contributed by atoms with Crippen LogP contribution in [0.15, 0.2) is 30.3 Å². The Morgan fingerprint density at radius 1 is 1.38 bits per heavy atom. The van der Waals surface area contributed by atoms with Gasteiger partial charge in [-0.1, -0.05) is 37.3 Å². The Bertz CT molecular complexity index is 280. The molecule has 2 rings (SSSR count). The van der Waals surface area contributed by atoms with E-state index in [-0.39, 0.29) is 0 Å². The van der Waals surface area contributed by atoms with Crippen LogP contribution in [0.25, 0.3) is 0 Å². The highest BCUT2D eigenvalue weighted by Crippen LogP contribution is 2.55. The van der Waals surface area contributed by atoms with Crippen molar-refractivity contribution in [2.45, 2.75) is 25.2 Å². The first-order valence-electron chi connectivity index (χ1n) is 4.94. The van der Waals surface area contributed by atoms with Gasteiger partial charge in [-0.3, -0.25) is 0 Å². The Balaban J connectivity index is 2.11. The molecular formula is C12H16O. The number of benzene rings is 1. The van der Waals surface area contributed by atoms with Gasteiger partial charge in [0.1, 0.15) is 0 Å². The molecule has 1 N–H and O–H groups in total. The molecule has 70 valence electrons. The van der Waals surface area contributed by atoms with Crippen LogP contribution in [-0.4, -0.2) is 11.7 Å². The summed E-state index contributed by atoms with van der Waals surface area (Å²) in [6.07, 6.45) is 2.18. The molecule has 1 saturated carbocycles. The van der Waals surface area contributed by atoms with Crippen LogP contribution in [0, 0.1) is 5.92 Å². The molecule has 1 aromatic rings. The van der Waals surface area contributed by atoms with Gasteiger partial charge in [-0.15, -0.1) is 0 Å². The summed E-state index contributed by atoms with van der Waals surface area (Å²) in [7, 11) is 0. The van der Waals surface area contributed by atoms with Crippen molar-refractivity contribution >= 4 is 0 Å². The van der Waals surface area contributed by atoms with Crippen molar-refractivity contribution in [3.05, 3.63) is 35.9 Å². The third kappa shape index (κ3) is 1.49. The maximum absolute atomic E-state index is 8.86. The van der Waals surface area contributed by atoms with Crippen molar-refractivity contribution in [1.82, 2.24) is 0 Å². The van der Waals surface area contributed by atoms with Crippen molar-refractivity contribution in [3.63, 3.8) is 0 Å². The van der Waals surface area contributed by atoms with Crippen LogP contribution in [0.5, 0.6) is 0 Å². The summed E-state index contributed by atoms with van der Waals surface area (Å²) in [5.74, 6) is 0.694. The van der Waals surface area contributed by atoms with Gasteiger partial charge in [0.25, 0.3) is 0 Å². The van der Waals surface area contributed by atoms with Crippen LogP contribution >= 0.6 is 0 Å². The first-order valence-corrected chi connectivity index (χ1v) is 4.94. The highest BCUT2D eigenvalue weighted by atomic mass is 16.3. The molecule has 0 spiro atoms. The molecule has 0 aromatic heterocycles. The fourth-order valence-corrected chi connectivity index (χ4v) is 2.20. The van der Waals surface area contributed by atoms with Gasteiger partial charge in [0.2, 0.25) is 0 Å². The SMILES string of the molecule is CC1(c2ccccc2)CC1CCO. The van der Waals surface area contributed by atoms with E-state index in [1.54, 1.807) is 0 Å². The van der Waals surface area contributed by atoms with E-state index in [4.69, 9.17) is 5.11 Å². The molecule has 1 aliphatic rings. The zero-order chi connectivity index (χ0) is 9.31. The lowest BCUT2D eigenvalue weighted by Crippen LogP contribution is -2.04. The van der Waals surface area contributed by atoms with Crippen LogP contribution in [0.2, 0.25) is 0 Å². The van der Waals surface area contributed by atoms with E-state index in [9.17, 15) is 0 Å². The highest BCUT2D eigenvalue weighted by molar-refractivity contribution is 5.32. The third-order valence-corrected chi connectivity index (χ3v) is 3.32. The number of aliphatic hydroxyl groups is 1. The maximum atomic E-state index is 8.86.